The maximum absolute atomic E-state index is 12.1. The maximum atomic E-state index is 12.1. The van der Waals surface area contributed by atoms with Crippen molar-refractivity contribution in [1.82, 2.24) is 10.2 Å². The number of amides is 1. The molecule has 26 heavy (non-hydrogen) atoms. The van der Waals surface area contributed by atoms with Gasteiger partial charge in [-0.05, 0) is 48.2 Å². The van der Waals surface area contributed by atoms with Crippen molar-refractivity contribution in [1.29, 1.82) is 0 Å². The van der Waals surface area contributed by atoms with E-state index in [0.717, 1.165) is 38.7 Å². The summed E-state index contributed by atoms with van der Waals surface area (Å²) in [7, 11) is -3.24. The van der Waals surface area contributed by atoms with Crippen LogP contribution in [0, 0.1) is 0 Å². The summed E-state index contributed by atoms with van der Waals surface area (Å²) >= 11 is 0. The van der Waals surface area contributed by atoms with Gasteiger partial charge in [-0.15, -0.1) is 0 Å². The van der Waals surface area contributed by atoms with Crippen LogP contribution in [0.5, 0.6) is 0 Å². The number of hydrogen-bond acceptors (Lipinski definition) is 4. The molecule has 2 aromatic carbocycles. The second-order valence-corrected chi connectivity index (χ2v) is 8.72. The molecule has 138 valence electrons. The van der Waals surface area contributed by atoms with Gasteiger partial charge in [-0.3, -0.25) is 9.69 Å². The summed E-state index contributed by atoms with van der Waals surface area (Å²) in [6.07, 6.45) is 3.12. The summed E-state index contributed by atoms with van der Waals surface area (Å²) in [5.74, 6) is -0.172. The maximum Gasteiger partial charge on any atom is 0.251 e. The van der Waals surface area contributed by atoms with Gasteiger partial charge < -0.3 is 5.32 Å². The predicted octanol–water partition coefficient (Wildman–Crippen LogP) is 2.27. The van der Waals surface area contributed by atoms with Crippen LogP contribution >= 0.6 is 0 Å². The van der Waals surface area contributed by atoms with Gasteiger partial charge in [-0.2, -0.15) is 0 Å². The first-order chi connectivity index (χ1) is 12.4. The van der Waals surface area contributed by atoms with E-state index in [4.69, 9.17) is 0 Å². The van der Waals surface area contributed by atoms with E-state index in [2.05, 4.69) is 34.5 Å². The smallest absolute Gasteiger partial charge is 0.251 e. The van der Waals surface area contributed by atoms with Crippen LogP contribution < -0.4 is 5.32 Å². The average Bonchev–Trinajstić information content (AvgIpc) is 2.64. The first kappa shape index (κ1) is 18.6. The predicted molar refractivity (Wildman–Crippen MR) is 102 cm³/mol. The summed E-state index contributed by atoms with van der Waals surface area (Å²) in [6, 6.07) is 14.6. The highest BCUT2D eigenvalue weighted by molar-refractivity contribution is 7.90. The first-order valence-corrected chi connectivity index (χ1v) is 10.7. The fourth-order valence-corrected chi connectivity index (χ4v) is 3.84. The van der Waals surface area contributed by atoms with Crippen molar-refractivity contribution in [3.63, 3.8) is 0 Å². The topological polar surface area (TPSA) is 66.5 Å². The summed E-state index contributed by atoms with van der Waals surface area (Å²) in [6.45, 7) is 3.57. The molecule has 0 saturated carbocycles. The minimum atomic E-state index is -3.24. The molecule has 3 rings (SSSR count). The molecule has 1 amide bonds. The lowest BCUT2D eigenvalue weighted by molar-refractivity contribution is 0.0951. The molecule has 1 aliphatic rings. The first-order valence-electron chi connectivity index (χ1n) is 8.81. The highest BCUT2D eigenvalue weighted by Gasteiger charge is 2.15. The second kappa shape index (κ2) is 8.01. The van der Waals surface area contributed by atoms with Crippen molar-refractivity contribution in [2.75, 3.05) is 25.9 Å². The Bertz CT molecular complexity index is 876. The van der Waals surface area contributed by atoms with Crippen molar-refractivity contribution < 1.29 is 13.2 Å². The fourth-order valence-electron chi connectivity index (χ4n) is 3.21. The third-order valence-electron chi connectivity index (χ3n) is 4.69. The summed E-state index contributed by atoms with van der Waals surface area (Å²) in [5, 5.41) is 2.90. The molecule has 6 heteroatoms. The van der Waals surface area contributed by atoms with Gasteiger partial charge in [0, 0.05) is 38.0 Å². The zero-order valence-corrected chi connectivity index (χ0v) is 15.8. The van der Waals surface area contributed by atoms with E-state index in [1.807, 2.05) is 0 Å². The minimum Gasteiger partial charge on any atom is -0.352 e. The quantitative estimate of drug-likeness (QED) is 0.790. The van der Waals surface area contributed by atoms with Crippen LogP contribution in [-0.4, -0.2) is 45.1 Å². The summed E-state index contributed by atoms with van der Waals surface area (Å²) in [5.41, 5.74) is 3.31. The van der Waals surface area contributed by atoms with Gasteiger partial charge in [-0.25, -0.2) is 8.42 Å². The van der Waals surface area contributed by atoms with Crippen LogP contribution in [0.4, 0.5) is 0 Å². The number of nitrogens with zero attached hydrogens (tertiary/aromatic N) is 1. The van der Waals surface area contributed by atoms with Crippen molar-refractivity contribution >= 4 is 15.7 Å². The Morgan fingerprint density at radius 2 is 1.77 bits per heavy atom. The number of carbonyl (C=O) groups excluding carboxylic acids is 1. The largest absolute Gasteiger partial charge is 0.352 e. The number of rotatable bonds is 6. The molecule has 0 bridgehead atoms. The molecule has 0 unspecified atom stereocenters. The van der Waals surface area contributed by atoms with Crippen LogP contribution in [0.15, 0.2) is 53.4 Å². The molecule has 0 radical (unpaired) electrons. The van der Waals surface area contributed by atoms with Gasteiger partial charge >= 0.3 is 0 Å². The Hall–Kier alpha value is -2.18. The molecule has 0 saturated heterocycles. The third-order valence-corrected chi connectivity index (χ3v) is 5.82. The van der Waals surface area contributed by atoms with Gasteiger partial charge in [0.05, 0.1) is 4.90 Å². The molecule has 1 heterocycles. The van der Waals surface area contributed by atoms with Crippen molar-refractivity contribution in [3.05, 3.63) is 65.2 Å². The van der Waals surface area contributed by atoms with Gasteiger partial charge in [0.15, 0.2) is 9.84 Å². The van der Waals surface area contributed by atoms with E-state index in [-0.39, 0.29) is 10.8 Å². The highest BCUT2D eigenvalue weighted by Crippen LogP contribution is 2.18. The number of sulfone groups is 1. The fraction of sp³-hybridized carbons (Fsp3) is 0.350. The van der Waals surface area contributed by atoms with E-state index in [1.165, 1.54) is 23.3 Å². The van der Waals surface area contributed by atoms with Crippen LogP contribution in [0.3, 0.4) is 0 Å². The van der Waals surface area contributed by atoms with Gasteiger partial charge in [0.2, 0.25) is 0 Å². The lowest BCUT2D eigenvalue weighted by Gasteiger charge is -2.28. The molecular weight excluding hydrogens is 348 g/mol. The monoisotopic (exact) mass is 372 g/mol. The number of benzene rings is 2. The molecular formula is C20H24N2O3S. The molecule has 0 atom stereocenters. The second-order valence-electron chi connectivity index (χ2n) is 6.70. The van der Waals surface area contributed by atoms with E-state index in [0.29, 0.717) is 12.1 Å². The lowest BCUT2D eigenvalue weighted by Crippen LogP contribution is -2.33. The molecule has 0 spiro atoms. The normalized spacial score (nSPS) is 14.7. The van der Waals surface area contributed by atoms with Crippen LogP contribution in [0.2, 0.25) is 0 Å². The van der Waals surface area contributed by atoms with E-state index < -0.39 is 9.84 Å². The Morgan fingerprint density at radius 3 is 2.46 bits per heavy atom. The van der Waals surface area contributed by atoms with Gasteiger partial charge in [-0.1, -0.05) is 24.3 Å². The molecule has 1 aliphatic heterocycles. The Kier molecular flexibility index (Phi) is 5.74. The zero-order valence-electron chi connectivity index (χ0n) is 14.9. The number of hydrogen-bond donors (Lipinski definition) is 1. The molecule has 0 aromatic heterocycles. The van der Waals surface area contributed by atoms with Crippen molar-refractivity contribution in [3.8, 4) is 0 Å². The minimum absolute atomic E-state index is 0.172. The van der Waals surface area contributed by atoms with Crippen LogP contribution in [0.25, 0.3) is 0 Å². The molecule has 0 aliphatic carbocycles. The Balaban J connectivity index is 1.43. The summed E-state index contributed by atoms with van der Waals surface area (Å²) < 4.78 is 22.9. The molecule has 5 nitrogen and oxygen atoms in total. The number of carbonyl (C=O) groups is 1. The van der Waals surface area contributed by atoms with Crippen molar-refractivity contribution in [2.45, 2.75) is 24.3 Å². The molecule has 1 N–H and O–H groups in total. The molecule has 0 fully saturated rings. The van der Waals surface area contributed by atoms with Gasteiger partial charge in [0.1, 0.15) is 0 Å². The van der Waals surface area contributed by atoms with E-state index >= 15 is 0 Å². The SMILES string of the molecule is CS(=O)(=O)c1ccc(C(=O)NCCCN2CCc3ccccc3C2)cc1. The Morgan fingerprint density at radius 1 is 1.08 bits per heavy atom. The van der Waals surface area contributed by atoms with E-state index in [1.54, 1.807) is 12.1 Å². The molecule has 2 aromatic rings. The summed E-state index contributed by atoms with van der Waals surface area (Å²) in [4.78, 5) is 14.8. The standard InChI is InChI=1S/C20H24N2O3S/c1-26(24,25)19-9-7-17(8-10-19)20(23)21-12-4-13-22-14-11-16-5-2-3-6-18(16)15-22/h2-3,5-10H,4,11-15H2,1H3,(H,21,23). The third kappa shape index (κ3) is 4.71. The van der Waals surface area contributed by atoms with E-state index in [9.17, 15) is 13.2 Å². The lowest BCUT2D eigenvalue weighted by atomic mass is 10.00. The van der Waals surface area contributed by atoms with Crippen LogP contribution in [0.1, 0.15) is 27.9 Å². The van der Waals surface area contributed by atoms with Crippen molar-refractivity contribution in [2.24, 2.45) is 0 Å². The highest BCUT2D eigenvalue weighted by atomic mass is 32.2. The number of fused-ring (bicyclic) bond motifs is 1. The van der Waals surface area contributed by atoms with Crippen LogP contribution in [-0.2, 0) is 22.8 Å². The average molecular weight is 372 g/mol. The zero-order chi connectivity index (χ0) is 18.6. The number of nitrogens with one attached hydrogen (secondary N) is 1. The van der Waals surface area contributed by atoms with Gasteiger partial charge in [0.25, 0.3) is 5.91 Å². The Labute approximate surface area is 154 Å².